The summed E-state index contributed by atoms with van der Waals surface area (Å²) in [7, 11) is 1.69. The first-order valence-corrected chi connectivity index (χ1v) is 4.93. The first kappa shape index (κ1) is 7.80. The van der Waals surface area contributed by atoms with Crippen LogP contribution >= 0.6 is 11.8 Å². The van der Waals surface area contributed by atoms with Gasteiger partial charge < -0.3 is 10.1 Å². The minimum Gasteiger partial charge on any atom is -0.497 e. The lowest BCUT2D eigenvalue weighted by Gasteiger charge is -2.17. The van der Waals surface area contributed by atoms with Gasteiger partial charge in [0.15, 0.2) is 0 Å². The molecular weight excluding hydrogens is 170 g/mol. The second-order valence-electron chi connectivity index (χ2n) is 2.64. The van der Waals surface area contributed by atoms with Crippen molar-refractivity contribution in [1.29, 1.82) is 0 Å². The van der Waals surface area contributed by atoms with Gasteiger partial charge in [-0.25, -0.2) is 0 Å². The quantitative estimate of drug-likeness (QED) is 0.717. The summed E-state index contributed by atoms with van der Waals surface area (Å²) in [6, 6.07) is 6.14. The molecule has 1 aromatic rings. The molecule has 0 radical (unpaired) electrons. The summed E-state index contributed by atoms with van der Waals surface area (Å²) in [6.07, 6.45) is 0. The van der Waals surface area contributed by atoms with Crippen molar-refractivity contribution in [2.24, 2.45) is 0 Å². The van der Waals surface area contributed by atoms with Gasteiger partial charge in [-0.1, -0.05) is 0 Å². The molecular formula is C9H11NOS. The fourth-order valence-electron chi connectivity index (χ4n) is 1.25. The largest absolute Gasteiger partial charge is 0.497 e. The molecule has 1 aliphatic rings. The number of nitrogens with one attached hydrogen (secondary N) is 1. The van der Waals surface area contributed by atoms with E-state index in [1.54, 1.807) is 7.11 Å². The Kier molecular flexibility index (Phi) is 2.13. The van der Waals surface area contributed by atoms with Crippen molar-refractivity contribution in [3.8, 4) is 5.75 Å². The molecule has 1 N–H and O–H groups in total. The third-order valence-electron chi connectivity index (χ3n) is 1.86. The van der Waals surface area contributed by atoms with Crippen molar-refractivity contribution in [1.82, 2.24) is 0 Å². The minimum atomic E-state index is 0.920. The van der Waals surface area contributed by atoms with Gasteiger partial charge in [-0.05, 0) is 12.1 Å². The maximum atomic E-state index is 5.13. The predicted octanol–water partition coefficient (Wildman–Crippen LogP) is 2.21. The Labute approximate surface area is 76.3 Å². The normalized spacial score (nSPS) is 14.8. The van der Waals surface area contributed by atoms with Crippen LogP contribution in [0.4, 0.5) is 5.69 Å². The van der Waals surface area contributed by atoms with E-state index in [9.17, 15) is 0 Å². The molecule has 0 unspecified atom stereocenters. The van der Waals surface area contributed by atoms with Crippen LogP contribution in [-0.4, -0.2) is 19.4 Å². The number of hydrogen-bond acceptors (Lipinski definition) is 3. The van der Waals surface area contributed by atoms with Crippen LogP contribution in [-0.2, 0) is 0 Å². The average Bonchev–Trinajstić information content (AvgIpc) is 2.17. The average molecular weight is 181 g/mol. The predicted molar refractivity (Wildman–Crippen MR) is 52.2 cm³/mol. The zero-order valence-corrected chi connectivity index (χ0v) is 7.78. The second-order valence-corrected chi connectivity index (χ2v) is 3.77. The molecule has 0 saturated heterocycles. The van der Waals surface area contributed by atoms with Gasteiger partial charge in [0.25, 0.3) is 0 Å². The lowest BCUT2D eigenvalue weighted by Crippen LogP contribution is -2.09. The monoisotopic (exact) mass is 181 g/mol. The topological polar surface area (TPSA) is 21.3 Å². The molecule has 0 atom stereocenters. The zero-order chi connectivity index (χ0) is 8.39. The van der Waals surface area contributed by atoms with Gasteiger partial charge in [-0.15, -0.1) is 11.8 Å². The van der Waals surface area contributed by atoms with Gasteiger partial charge in [0.05, 0.1) is 12.8 Å². The Hall–Kier alpha value is -0.830. The van der Waals surface area contributed by atoms with Gasteiger partial charge in [-0.2, -0.15) is 0 Å². The zero-order valence-electron chi connectivity index (χ0n) is 6.96. The Morgan fingerprint density at radius 1 is 1.50 bits per heavy atom. The number of anilines is 1. The smallest absolute Gasteiger partial charge is 0.121 e. The third kappa shape index (κ3) is 1.37. The van der Waals surface area contributed by atoms with Gasteiger partial charge in [-0.3, -0.25) is 0 Å². The number of methoxy groups -OCH3 is 1. The van der Waals surface area contributed by atoms with Crippen molar-refractivity contribution in [3.63, 3.8) is 0 Å². The minimum absolute atomic E-state index is 0.920. The summed E-state index contributed by atoms with van der Waals surface area (Å²) in [4.78, 5) is 1.32. The molecule has 0 aromatic heterocycles. The number of rotatable bonds is 1. The van der Waals surface area contributed by atoms with E-state index < -0.39 is 0 Å². The highest BCUT2D eigenvalue weighted by Crippen LogP contribution is 2.33. The summed E-state index contributed by atoms with van der Waals surface area (Å²) < 4.78 is 5.13. The van der Waals surface area contributed by atoms with Crippen LogP contribution < -0.4 is 10.1 Å². The molecule has 0 saturated carbocycles. The first-order valence-electron chi connectivity index (χ1n) is 3.95. The van der Waals surface area contributed by atoms with Crippen LogP contribution in [0, 0.1) is 0 Å². The highest BCUT2D eigenvalue weighted by Gasteiger charge is 2.08. The number of thioether (sulfide) groups is 1. The molecule has 64 valence electrons. The van der Waals surface area contributed by atoms with E-state index in [-0.39, 0.29) is 0 Å². The van der Waals surface area contributed by atoms with Crippen LogP contribution in [0.15, 0.2) is 23.1 Å². The van der Waals surface area contributed by atoms with Gasteiger partial charge in [0.2, 0.25) is 0 Å². The van der Waals surface area contributed by atoms with Crippen molar-refractivity contribution in [2.45, 2.75) is 4.90 Å². The lowest BCUT2D eigenvalue weighted by molar-refractivity contribution is 0.414. The van der Waals surface area contributed by atoms with Crippen LogP contribution in [0.2, 0.25) is 0 Å². The SMILES string of the molecule is COc1ccc2c(c1)NCCS2. The maximum Gasteiger partial charge on any atom is 0.121 e. The Bertz CT molecular complexity index is 288. The first-order chi connectivity index (χ1) is 5.90. The molecule has 0 spiro atoms. The number of fused-ring (bicyclic) bond motifs is 1. The summed E-state index contributed by atoms with van der Waals surface area (Å²) >= 11 is 1.89. The van der Waals surface area contributed by atoms with Crippen LogP contribution in [0.1, 0.15) is 0 Å². The van der Waals surface area contributed by atoms with E-state index in [0.717, 1.165) is 18.0 Å². The van der Waals surface area contributed by atoms with Gasteiger partial charge in [0.1, 0.15) is 5.75 Å². The van der Waals surface area contributed by atoms with E-state index in [2.05, 4.69) is 11.4 Å². The summed E-state index contributed by atoms with van der Waals surface area (Å²) in [5, 5.41) is 3.34. The van der Waals surface area contributed by atoms with Crippen molar-refractivity contribution >= 4 is 17.4 Å². The van der Waals surface area contributed by atoms with E-state index >= 15 is 0 Å². The molecule has 2 nitrogen and oxygen atoms in total. The van der Waals surface area contributed by atoms with E-state index in [4.69, 9.17) is 4.74 Å². The molecule has 1 heterocycles. The lowest BCUT2D eigenvalue weighted by atomic mass is 10.3. The van der Waals surface area contributed by atoms with Crippen LogP contribution in [0.25, 0.3) is 0 Å². The van der Waals surface area contributed by atoms with Crippen molar-refractivity contribution in [3.05, 3.63) is 18.2 Å². The van der Waals surface area contributed by atoms with Gasteiger partial charge >= 0.3 is 0 Å². The number of hydrogen-bond donors (Lipinski definition) is 1. The van der Waals surface area contributed by atoms with Crippen LogP contribution in [0.5, 0.6) is 5.75 Å². The van der Waals surface area contributed by atoms with Crippen LogP contribution in [0.3, 0.4) is 0 Å². The third-order valence-corrected chi connectivity index (χ3v) is 2.94. The molecule has 1 aliphatic heterocycles. The molecule has 1 aromatic carbocycles. The summed E-state index contributed by atoms with van der Waals surface area (Å²) in [5.74, 6) is 2.07. The molecule has 0 bridgehead atoms. The standard InChI is InChI=1S/C9H11NOS/c1-11-7-2-3-9-8(6-7)10-4-5-12-9/h2-3,6,10H,4-5H2,1H3. The molecule has 12 heavy (non-hydrogen) atoms. The Balaban J connectivity index is 2.36. The summed E-state index contributed by atoms with van der Waals surface area (Å²) in [6.45, 7) is 1.05. The van der Waals surface area contributed by atoms with E-state index in [1.165, 1.54) is 10.6 Å². The number of benzene rings is 1. The Morgan fingerprint density at radius 3 is 3.25 bits per heavy atom. The highest BCUT2D eigenvalue weighted by atomic mass is 32.2. The number of ether oxygens (including phenoxy) is 1. The molecule has 3 heteroatoms. The van der Waals surface area contributed by atoms with Crippen molar-refractivity contribution < 1.29 is 4.74 Å². The van der Waals surface area contributed by atoms with Crippen molar-refractivity contribution in [2.75, 3.05) is 24.7 Å². The van der Waals surface area contributed by atoms with Gasteiger partial charge in [0, 0.05) is 23.3 Å². The highest BCUT2D eigenvalue weighted by molar-refractivity contribution is 7.99. The molecule has 0 fully saturated rings. The summed E-state index contributed by atoms with van der Waals surface area (Å²) in [5.41, 5.74) is 1.20. The maximum absolute atomic E-state index is 5.13. The van der Waals surface area contributed by atoms with E-state index in [1.807, 2.05) is 23.9 Å². The molecule has 0 aliphatic carbocycles. The van der Waals surface area contributed by atoms with E-state index in [0.29, 0.717) is 0 Å². The molecule has 0 amide bonds. The Morgan fingerprint density at radius 2 is 2.42 bits per heavy atom. The molecule has 2 rings (SSSR count). The second kappa shape index (κ2) is 3.27. The fourth-order valence-corrected chi connectivity index (χ4v) is 2.12. The fraction of sp³-hybridized carbons (Fsp3) is 0.333.